The number of carbonyl (C=O) groups is 1. The van der Waals surface area contributed by atoms with E-state index in [1.54, 1.807) is 18.2 Å². The van der Waals surface area contributed by atoms with Gasteiger partial charge in [-0.05, 0) is 17.7 Å². The number of ether oxygens (including phenoxy) is 1. The number of methoxy groups -OCH3 is 1. The molecule has 0 saturated carbocycles. The molecule has 6 nitrogen and oxygen atoms in total. The largest absolute Gasteiger partial charge is 0.469 e. The predicted octanol–water partition coefficient (Wildman–Crippen LogP) is 2.06. The Morgan fingerprint density at radius 3 is 2.73 bits per heavy atom. The molecule has 0 aliphatic carbocycles. The van der Waals surface area contributed by atoms with Crippen molar-refractivity contribution in [1.29, 1.82) is 0 Å². The van der Waals surface area contributed by atoms with Crippen molar-refractivity contribution in [3.05, 3.63) is 57.5 Å². The summed E-state index contributed by atoms with van der Waals surface area (Å²) in [7, 11) is 1.29. The molecule has 0 aliphatic rings. The van der Waals surface area contributed by atoms with E-state index in [1.807, 2.05) is 12.1 Å². The molecule has 0 fully saturated rings. The second kappa shape index (κ2) is 5.65. The standard InChI is InChI=1S/C15H12ClN3O3/c1-22-15(21)7-11-6-14(20)19-13(17-11)8-12(18-19)9-2-4-10(16)5-3-9/h2-6,8,18H,7H2,1H3. The number of esters is 1. The molecular formula is C15H12ClN3O3. The van der Waals surface area contributed by atoms with Crippen LogP contribution in [0.4, 0.5) is 0 Å². The lowest BCUT2D eigenvalue weighted by molar-refractivity contribution is -0.139. The molecule has 7 heteroatoms. The van der Waals surface area contributed by atoms with Crippen LogP contribution in [0.15, 0.2) is 41.2 Å². The maximum Gasteiger partial charge on any atom is 0.311 e. The number of nitrogens with zero attached hydrogens (tertiary/aromatic N) is 2. The average Bonchev–Trinajstić information content (AvgIpc) is 2.92. The summed E-state index contributed by atoms with van der Waals surface area (Å²) in [5.74, 6) is -0.440. The van der Waals surface area contributed by atoms with Crippen LogP contribution in [-0.4, -0.2) is 27.7 Å². The van der Waals surface area contributed by atoms with Gasteiger partial charge in [0.05, 0.1) is 24.9 Å². The van der Waals surface area contributed by atoms with Crippen molar-refractivity contribution in [3.63, 3.8) is 0 Å². The Labute approximate surface area is 130 Å². The fourth-order valence-electron chi connectivity index (χ4n) is 2.13. The molecule has 2 aromatic heterocycles. The van der Waals surface area contributed by atoms with E-state index in [0.717, 1.165) is 11.3 Å². The maximum absolute atomic E-state index is 12.1. The van der Waals surface area contributed by atoms with E-state index < -0.39 is 5.97 Å². The first-order valence-corrected chi connectivity index (χ1v) is 6.89. The summed E-state index contributed by atoms with van der Waals surface area (Å²) >= 11 is 5.86. The molecule has 0 amide bonds. The Bertz CT molecular complexity index is 897. The van der Waals surface area contributed by atoms with Gasteiger partial charge in [-0.3, -0.25) is 14.7 Å². The number of hydrogen-bond donors (Lipinski definition) is 1. The average molecular weight is 318 g/mol. The third kappa shape index (κ3) is 2.73. The van der Waals surface area contributed by atoms with E-state index >= 15 is 0 Å². The highest BCUT2D eigenvalue weighted by Crippen LogP contribution is 2.20. The second-order valence-electron chi connectivity index (χ2n) is 4.71. The van der Waals surface area contributed by atoms with Gasteiger partial charge in [0.15, 0.2) is 5.65 Å². The lowest BCUT2D eigenvalue weighted by Gasteiger charge is -1.99. The van der Waals surface area contributed by atoms with Gasteiger partial charge >= 0.3 is 5.97 Å². The summed E-state index contributed by atoms with van der Waals surface area (Å²) < 4.78 is 5.91. The van der Waals surface area contributed by atoms with Crippen molar-refractivity contribution < 1.29 is 9.53 Å². The van der Waals surface area contributed by atoms with Crippen LogP contribution in [0.1, 0.15) is 5.69 Å². The van der Waals surface area contributed by atoms with E-state index in [4.69, 9.17) is 11.6 Å². The highest BCUT2D eigenvalue weighted by Gasteiger charge is 2.10. The van der Waals surface area contributed by atoms with Gasteiger partial charge in [-0.15, -0.1) is 0 Å². The molecule has 0 saturated heterocycles. The van der Waals surface area contributed by atoms with Crippen molar-refractivity contribution in [2.45, 2.75) is 6.42 Å². The smallest absolute Gasteiger partial charge is 0.311 e. The van der Waals surface area contributed by atoms with E-state index in [-0.39, 0.29) is 12.0 Å². The SMILES string of the molecule is COC(=O)Cc1cc(=O)n2[nH]c(-c3ccc(Cl)cc3)cc2n1. The molecule has 0 bridgehead atoms. The molecule has 0 spiro atoms. The fraction of sp³-hybridized carbons (Fsp3) is 0.133. The van der Waals surface area contributed by atoms with Crippen LogP contribution in [0.25, 0.3) is 16.9 Å². The van der Waals surface area contributed by atoms with Gasteiger partial charge in [0.1, 0.15) is 0 Å². The van der Waals surface area contributed by atoms with Gasteiger partial charge in [0.25, 0.3) is 5.56 Å². The number of aromatic nitrogens is 3. The van der Waals surface area contributed by atoms with Crippen LogP contribution >= 0.6 is 11.6 Å². The third-order valence-corrected chi connectivity index (χ3v) is 3.46. The van der Waals surface area contributed by atoms with Crippen molar-refractivity contribution in [3.8, 4) is 11.3 Å². The van der Waals surface area contributed by atoms with Crippen LogP contribution in [-0.2, 0) is 16.0 Å². The van der Waals surface area contributed by atoms with Crippen LogP contribution in [0.3, 0.4) is 0 Å². The molecule has 0 atom stereocenters. The highest BCUT2D eigenvalue weighted by molar-refractivity contribution is 6.30. The van der Waals surface area contributed by atoms with Crippen LogP contribution in [0, 0.1) is 0 Å². The van der Waals surface area contributed by atoms with Crippen LogP contribution in [0.2, 0.25) is 5.02 Å². The summed E-state index contributed by atoms with van der Waals surface area (Å²) in [6.07, 6.45) is -0.0380. The van der Waals surface area contributed by atoms with Crippen LogP contribution < -0.4 is 5.56 Å². The van der Waals surface area contributed by atoms with Gasteiger partial charge in [-0.2, -0.15) is 0 Å². The molecule has 3 aromatic rings. The van der Waals surface area contributed by atoms with Crippen molar-refractivity contribution in [2.24, 2.45) is 0 Å². The molecule has 0 aliphatic heterocycles. The first-order valence-electron chi connectivity index (χ1n) is 6.51. The molecule has 0 radical (unpaired) electrons. The molecule has 1 N–H and O–H groups in total. The third-order valence-electron chi connectivity index (χ3n) is 3.21. The van der Waals surface area contributed by atoms with Gasteiger partial charge in [0, 0.05) is 17.2 Å². The minimum absolute atomic E-state index is 0.0380. The highest BCUT2D eigenvalue weighted by atomic mass is 35.5. The van der Waals surface area contributed by atoms with Gasteiger partial charge in [0.2, 0.25) is 0 Å². The predicted molar refractivity (Wildman–Crippen MR) is 82.0 cm³/mol. The fourth-order valence-corrected chi connectivity index (χ4v) is 2.25. The molecule has 0 unspecified atom stereocenters. The zero-order valence-corrected chi connectivity index (χ0v) is 12.4. The monoisotopic (exact) mass is 317 g/mol. The normalized spacial score (nSPS) is 10.8. The zero-order valence-electron chi connectivity index (χ0n) is 11.7. The van der Waals surface area contributed by atoms with E-state index in [1.165, 1.54) is 17.7 Å². The Morgan fingerprint density at radius 2 is 2.05 bits per heavy atom. The minimum atomic E-state index is -0.440. The van der Waals surface area contributed by atoms with Crippen molar-refractivity contribution in [1.82, 2.24) is 14.6 Å². The maximum atomic E-state index is 12.1. The number of benzene rings is 1. The zero-order chi connectivity index (χ0) is 15.7. The Balaban J connectivity index is 2.05. The Morgan fingerprint density at radius 1 is 1.32 bits per heavy atom. The summed E-state index contributed by atoms with van der Waals surface area (Å²) in [5.41, 5.74) is 2.14. The first kappa shape index (κ1) is 14.3. The molecule has 3 rings (SSSR count). The summed E-state index contributed by atoms with van der Waals surface area (Å²) in [4.78, 5) is 27.7. The first-order chi connectivity index (χ1) is 10.6. The summed E-state index contributed by atoms with van der Waals surface area (Å²) in [6, 6.07) is 10.3. The topological polar surface area (TPSA) is 76.5 Å². The number of hydrogen-bond acceptors (Lipinski definition) is 4. The Hall–Kier alpha value is -2.60. The molecule has 1 aromatic carbocycles. The van der Waals surface area contributed by atoms with E-state index in [0.29, 0.717) is 16.4 Å². The lowest BCUT2D eigenvalue weighted by atomic mass is 10.1. The summed E-state index contributed by atoms with van der Waals surface area (Å²) in [6.45, 7) is 0. The molecule has 112 valence electrons. The number of fused-ring (bicyclic) bond motifs is 1. The second-order valence-corrected chi connectivity index (χ2v) is 5.15. The van der Waals surface area contributed by atoms with E-state index in [9.17, 15) is 9.59 Å². The minimum Gasteiger partial charge on any atom is -0.469 e. The number of rotatable bonds is 3. The van der Waals surface area contributed by atoms with Gasteiger partial charge in [-0.25, -0.2) is 9.50 Å². The number of carbonyl (C=O) groups excluding carboxylic acids is 1. The molecule has 2 heterocycles. The number of halogens is 1. The summed E-state index contributed by atoms with van der Waals surface area (Å²) in [5, 5.41) is 3.61. The van der Waals surface area contributed by atoms with E-state index in [2.05, 4.69) is 14.8 Å². The number of H-pyrrole nitrogens is 1. The molecular weight excluding hydrogens is 306 g/mol. The van der Waals surface area contributed by atoms with Gasteiger partial charge < -0.3 is 4.74 Å². The van der Waals surface area contributed by atoms with Crippen molar-refractivity contribution >= 4 is 23.2 Å². The quantitative estimate of drug-likeness (QED) is 0.750. The number of nitrogens with one attached hydrogen (secondary N) is 1. The molecule has 22 heavy (non-hydrogen) atoms. The van der Waals surface area contributed by atoms with Gasteiger partial charge in [-0.1, -0.05) is 23.7 Å². The lowest BCUT2D eigenvalue weighted by Crippen LogP contribution is -2.17. The Kier molecular flexibility index (Phi) is 3.68. The van der Waals surface area contributed by atoms with Crippen LogP contribution in [0.5, 0.6) is 0 Å². The van der Waals surface area contributed by atoms with Crippen molar-refractivity contribution in [2.75, 3.05) is 7.11 Å². The number of aromatic amines is 1.